The molecular weight excluding hydrogens is 392 g/mol. The van der Waals surface area contributed by atoms with Crippen LogP contribution in [-0.4, -0.2) is 34.7 Å². The fourth-order valence-corrected chi connectivity index (χ4v) is 4.07. The van der Waals surface area contributed by atoms with E-state index in [9.17, 15) is 14.4 Å². The number of rotatable bonds is 7. The van der Waals surface area contributed by atoms with Crippen LogP contribution < -0.4 is 16.4 Å². The second-order valence-electron chi connectivity index (χ2n) is 9.29. The van der Waals surface area contributed by atoms with Gasteiger partial charge >= 0.3 is 0 Å². The van der Waals surface area contributed by atoms with Gasteiger partial charge in [0.1, 0.15) is 0 Å². The van der Waals surface area contributed by atoms with Crippen molar-refractivity contribution in [3.05, 3.63) is 59.9 Å². The summed E-state index contributed by atoms with van der Waals surface area (Å²) in [5.41, 5.74) is 6.11. The molecular formula is C24H30N4O3. The zero-order valence-corrected chi connectivity index (χ0v) is 18.4. The number of hydrogen-bond acceptors (Lipinski definition) is 5. The maximum absolute atomic E-state index is 13.4. The molecule has 1 aliphatic rings. The van der Waals surface area contributed by atoms with E-state index in [0.717, 1.165) is 5.56 Å². The molecule has 4 N–H and O–H groups in total. The summed E-state index contributed by atoms with van der Waals surface area (Å²) in [6.07, 6.45) is 4.03. The van der Waals surface area contributed by atoms with Crippen molar-refractivity contribution < 1.29 is 14.4 Å². The van der Waals surface area contributed by atoms with Gasteiger partial charge in [-0.05, 0) is 57.0 Å². The number of ketones is 1. The number of benzene rings is 1. The van der Waals surface area contributed by atoms with Gasteiger partial charge in [-0.3, -0.25) is 19.4 Å². The number of nitrogens with one attached hydrogen (secondary N) is 2. The minimum atomic E-state index is -1.15. The highest BCUT2D eigenvalue weighted by atomic mass is 16.2. The summed E-state index contributed by atoms with van der Waals surface area (Å²) in [5.74, 6) is -2.38. The average molecular weight is 423 g/mol. The largest absolute Gasteiger partial charge is 0.398 e. The van der Waals surface area contributed by atoms with Gasteiger partial charge in [0, 0.05) is 35.7 Å². The number of aromatic nitrogens is 1. The maximum atomic E-state index is 13.4. The molecule has 0 aliphatic heterocycles. The van der Waals surface area contributed by atoms with Crippen molar-refractivity contribution >= 4 is 23.3 Å². The number of nitrogens with two attached hydrogens (primary N) is 1. The van der Waals surface area contributed by atoms with Crippen LogP contribution in [0.5, 0.6) is 0 Å². The molecule has 7 heteroatoms. The number of Topliss-reactive ketones (excluding diaryl/α,β-unsaturated/α-hetero) is 1. The van der Waals surface area contributed by atoms with E-state index >= 15 is 0 Å². The van der Waals surface area contributed by atoms with Crippen molar-refractivity contribution in [2.75, 3.05) is 12.3 Å². The SMILES string of the molecule is CC(C)(C)NC(=O)[C@H]1[C@@H](C(=O)NCCc2ccncc2)[C@@]1(C)C(=O)c1ccccc1N. The van der Waals surface area contributed by atoms with Gasteiger partial charge < -0.3 is 16.4 Å². The molecule has 0 bridgehead atoms. The van der Waals surface area contributed by atoms with E-state index in [-0.39, 0.29) is 17.6 Å². The van der Waals surface area contributed by atoms with Crippen LogP contribution >= 0.6 is 0 Å². The van der Waals surface area contributed by atoms with Crippen molar-refractivity contribution in [2.45, 2.75) is 39.7 Å². The number of pyridine rings is 1. The van der Waals surface area contributed by atoms with E-state index in [1.54, 1.807) is 43.6 Å². The molecule has 0 spiro atoms. The van der Waals surface area contributed by atoms with Crippen LogP contribution in [0.3, 0.4) is 0 Å². The topological polar surface area (TPSA) is 114 Å². The Labute approximate surface area is 182 Å². The number of anilines is 1. The smallest absolute Gasteiger partial charge is 0.225 e. The van der Waals surface area contributed by atoms with Gasteiger partial charge in [-0.15, -0.1) is 0 Å². The highest BCUT2D eigenvalue weighted by Crippen LogP contribution is 2.60. The number of nitrogen functional groups attached to an aromatic ring is 1. The Morgan fingerprint density at radius 2 is 1.65 bits per heavy atom. The molecule has 2 aromatic rings. The van der Waals surface area contributed by atoms with E-state index < -0.39 is 22.8 Å². The van der Waals surface area contributed by atoms with Gasteiger partial charge in [0.2, 0.25) is 11.8 Å². The number of hydrogen-bond donors (Lipinski definition) is 3. The molecule has 1 aromatic heterocycles. The van der Waals surface area contributed by atoms with Crippen LogP contribution in [-0.2, 0) is 16.0 Å². The quantitative estimate of drug-likeness (QED) is 0.468. The molecule has 0 saturated heterocycles. The predicted molar refractivity (Wildman–Crippen MR) is 119 cm³/mol. The summed E-state index contributed by atoms with van der Waals surface area (Å²) in [7, 11) is 0. The highest BCUT2D eigenvalue weighted by molar-refractivity contribution is 6.14. The molecule has 1 fully saturated rings. The van der Waals surface area contributed by atoms with Crippen LogP contribution in [0.2, 0.25) is 0 Å². The molecule has 3 rings (SSSR count). The molecule has 1 aliphatic carbocycles. The summed E-state index contributed by atoms with van der Waals surface area (Å²) >= 11 is 0. The van der Waals surface area contributed by atoms with Crippen LogP contribution in [0.25, 0.3) is 0 Å². The Hall–Kier alpha value is -3.22. The normalized spacial score (nSPS) is 22.5. The number of carbonyl (C=O) groups excluding carboxylic acids is 3. The van der Waals surface area contributed by atoms with Crippen LogP contribution in [0.1, 0.15) is 43.6 Å². The van der Waals surface area contributed by atoms with Crippen molar-refractivity contribution in [3.63, 3.8) is 0 Å². The number of amides is 2. The summed E-state index contributed by atoms with van der Waals surface area (Å²) in [4.78, 5) is 43.4. The van der Waals surface area contributed by atoms with Crippen molar-refractivity contribution in [3.8, 4) is 0 Å². The lowest BCUT2D eigenvalue weighted by Gasteiger charge is -2.21. The summed E-state index contributed by atoms with van der Waals surface area (Å²) < 4.78 is 0. The second kappa shape index (κ2) is 8.49. The first-order valence-corrected chi connectivity index (χ1v) is 10.4. The lowest BCUT2D eigenvalue weighted by Crippen LogP contribution is -2.43. The third kappa shape index (κ3) is 4.76. The molecule has 2 amide bonds. The number of para-hydroxylation sites is 1. The molecule has 7 nitrogen and oxygen atoms in total. The monoisotopic (exact) mass is 422 g/mol. The maximum Gasteiger partial charge on any atom is 0.225 e. The fraction of sp³-hybridized carbons (Fsp3) is 0.417. The lowest BCUT2D eigenvalue weighted by molar-refractivity contribution is -0.128. The minimum absolute atomic E-state index is 0.283. The molecule has 0 unspecified atom stereocenters. The third-order valence-corrected chi connectivity index (χ3v) is 5.74. The van der Waals surface area contributed by atoms with E-state index in [1.165, 1.54) is 0 Å². The number of nitrogens with zero attached hydrogens (tertiary/aromatic N) is 1. The van der Waals surface area contributed by atoms with Crippen molar-refractivity contribution in [1.29, 1.82) is 0 Å². The van der Waals surface area contributed by atoms with Crippen molar-refractivity contribution in [2.24, 2.45) is 17.3 Å². The summed E-state index contributed by atoms with van der Waals surface area (Å²) in [5, 5.41) is 5.81. The predicted octanol–water partition coefficient (Wildman–Crippen LogP) is 2.37. The van der Waals surface area contributed by atoms with Crippen LogP contribution in [0.4, 0.5) is 5.69 Å². The van der Waals surface area contributed by atoms with Gasteiger partial charge in [0.05, 0.1) is 17.3 Å². The first-order valence-electron chi connectivity index (χ1n) is 10.4. The molecule has 164 valence electrons. The lowest BCUT2D eigenvalue weighted by atomic mass is 9.91. The zero-order valence-electron chi connectivity index (χ0n) is 18.4. The third-order valence-electron chi connectivity index (χ3n) is 5.74. The Kier molecular flexibility index (Phi) is 6.15. The Bertz CT molecular complexity index is 984. The molecule has 31 heavy (non-hydrogen) atoms. The van der Waals surface area contributed by atoms with E-state index in [1.807, 2.05) is 32.9 Å². The summed E-state index contributed by atoms with van der Waals surface area (Å²) in [6.45, 7) is 7.69. The van der Waals surface area contributed by atoms with Gasteiger partial charge in [-0.2, -0.15) is 0 Å². The minimum Gasteiger partial charge on any atom is -0.398 e. The average Bonchev–Trinajstić information content (AvgIpc) is 3.35. The summed E-state index contributed by atoms with van der Waals surface area (Å²) in [6, 6.07) is 10.5. The Morgan fingerprint density at radius 1 is 1.03 bits per heavy atom. The molecule has 3 atom stereocenters. The van der Waals surface area contributed by atoms with Crippen LogP contribution in [0, 0.1) is 17.3 Å². The molecule has 1 saturated carbocycles. The van der Waals surface area contributed by atoms with Gasteiger partial charge in [-0.25, -0.2) is 0 Å². The van der Waals surface area contributed by atoms with Gasteiger partial charge in [0.25, 0.3) is 0 Å². The first kappa shape index (κ1) is 22.5. The molecule has 0 radical (unpaired) electrons. The first-order chi connectivity index (χ1) is 14.6. The molecule has 1 aromatic carbocycles. The molecule has 1 heterocycles. The van der Waals surface area contributed by atoms with E-state index in [2.05, 4.69) is 15.6 Å². The standard InChI is InChI=1S/C24H30N4O3/c1-23(2,3)28-22(31)19-18(21(30)27-14-11-15-9-12-26-13-10-15)24(19,4)20(29)16-7-5-6-8-17(16)25/h5-10,12-13,18-19H,11,14,25H2,1-4H3,(H,27,30)(H,28,31)/t18-,19+,24+/m0/s1. The number of carbonyl (C=O) groups is 3. The zero-order chi connectivity index (χ0) is 22.8. The van der Waals surface area contributed by atoms with E-state index in [4.69, 9.17) is 5.73 Å². The van der Waals surface area contributed by atoms with Gasteiger partial charge in [0.15, 0.2) is 5.78 Å². The fourth-order valence-electron chi connectivity index (χ4n) is 4.07. The Balaban J connectivity index is 1.79. The van der Waals surface area contributed by atoms with Crippen molar-refractivity contribution in [1.82, 2.24) is 15.6 Å². The highest BCUT2D eigenvalue weighted by Gasteiger charge is 2.72. The van der Waals surface area contributed by atoms with Gasteiger partial charge in [-0.1, -0.05) is 19.1 Å². The Morgan fingerprint density at radius 3 is 2.26 bits per heavy atom. The van der Waals surface area contributed by atoms with Crippen LogP contribution in [0.15, 0.2) is 48.8 Å². The second-order valence-corrected chi connectivity index (χ2v) is 9.29. The van der Waals surface area contributed by atoms with E-state index in [0.29, 0.717) is 24.2 Å².